The van der Waals surface area contributed by atoms with E-state index in [1.54, 1.807) is 13.4 Å². The molecular formula is C12H11N3O2S2. The van der Waals surface area contributed by atoms with Crippen molar-refractivity contribution in [1.29, 1.82) is 0 Å². The Labute approximate surface area is 117 Å². The quantitative estimate of drug-likeness (QED) is 0.799. The normalized spacial score (nSPS) is 11.0. The molecule has 3 aromatic heterocycles. The molecule has 0 saturated heterocycles. The predicted octanol–water partition coefficient (Wildman–Crippen LogP) is 3.26. The predicted molar refractivity (Wildman–Crippen MR) is 76.0 cm³/mol. The first-order valence-electron chi connectivity index (χ1n) is 5.52. The summed E-state index contributed by atoms with van der Waals surface area (Å²) in [6.45, 7) is 0.434. The molecule has 0 atom stereocenters. The first-order valence-corrected chi connectivity index (χ1v) is 7.21. The maximum Gasteiger partial charge on any atom is 0.180 e. The molecule has 0 aliphatic rings. The Morgan fingerprint density at radius 2 is 2.32 bits per heavy atom. The molecule has 0 unspecified atom stereocenters. The lowest BCUT2D eigenvalue weighted by Gasteiger charge is -1.96. The van der Waals surface area contributed by atoms with Gasteiger partial charge in [-0.3, -0.25) is 0 Å². The van der Waals surface area contributed by atoms with Gasteiger partial charge in [0.25, 0.3) is 0 Å². The van der Waals surface area contributed by atoms with Crippen molar-refractivity contribution in [3.8, 4) is 21.3 Å². The molecule has 98 valence electrons. The van der Waals surface area contributed by atoms with Crippen molar-refractivity contribution in [3.63, 3.8) is 0 Å². The fourth-order valence-corrected chi connectivity index (χ4v) is 3.31. The van der Waals surface area contributed by atoms with Gasteiger partial charge in [-0.1, -0.05) is 0 Å². The number of methoxy groups -OCH3 is 1. The number of hydrogen-bond donors (Lipinski definition) is 1. The number of rotatable bonds is 4. The van der Waals surface area contributed by atoms with E-state index in [0.717, 1.165) is 27.0 Å². The second kappa shape index (κ2) is 5.12. The standard InChI is InChI=1S/C12H11N3O2S2/c1-16-5-7-10(8-6-18-12(13)15-8)19-11(14-7)9-3-2-4-17-9/h2-4,6H,5H2,1H3,(H2,13,15). The maximum atomic E-state index is 5.68. The number of nitrogens with two attached hydrogens (primary N) is 1. The van der Waals surface area contributed by atoms with Crippen LogP contribution < -0.4 is 5.73 Å². The summed E-state index contributed by atoms with van der Waals surface area (Å²) in [5, 5.41) is 3.29. The third-order valence-corrected chi connectivity index (χ3v) is 4.27. The summed E-state index contributed by atoms with van der Waals surface area (Å²) in [6, 6.07) is 3.72. The van der Waals surface area contributed by atoms with Crippen molar-refractivity contribution in [2.45, 2.75) is 6.61 Å². The third kappa shape index (κ3) is 2.40. The maximum absolute atomic E-state index is 5.68. The van der Waals surface area contributed by atoms with Crippen molar-refractivity contribution in [2.75, 3.05) is 12.8 Å². The second-order valence-corrected chi connectivity index (χ2v) is 5.66. The van der Waals surface area contributed by atoms with Crippen molar-refractivity contribution in [3.05, 3.63) is 29.5 Å². The van der Waals surface area contributed by atoms with Crippen LogP contribution in [0.5, 0.6) is 0 Å². The van der Waals surface area contributed by atoms with E-state index < -0.39 is 0 Å². The minimum Gasteiger partial charge on any atom is -0.462 e. The Kier molecular flexibility index (Phi) is 3.33. The van der Waals surface area contributed by atoms with E-state index in [1.807, 2.05) is 17.5 Å². The molecule has 0 aliphatic heterocycles. The van der Waals surface area contributed by atoms with Crippen molar-refractivity contribution in [1.82, 2.24) is 9.97 Å². The van der Waals surface area contributed by atoms with Crippen LogP contribution in [-0.4, -0.2) is 17.1 Å². The number of aromatic nitrogens is 2. The van der Waals surface area contributed by atoms with E-state index in [-0.39, 0.29) is 0 Å². The lowest BCUT2D eigenvalue weighted by Crippen LogP contribution is -1.91. The van der Waals surface area contributed by atoms with Crippen molar-refractivity contribution in [2.24, 2.45) is 0 Å². The van der Waals surface area contributed by atoms with E-state index >= 15 is 0 Å². The second-order valence-electron chi connectivity index (χ2n) is 3.78. The molecule has 3 heterocycles. The molecule has 2 N–H and O–H groups in total. The highest BCUT2D eigenvalue weighted by atomic mass is 32.1. The van der Waals surface area contributed by atoms with Crippen LogP contribution in [0.15, 0.2) is 28.2 Å². The van der Waals surface area contributed by atoms with Crippen LogP contribution in [0.3, 0.4) is 0 Å². The Hall–Kier alpha value is -1.70. The molecule has 3 aromatic rings. The fourth-order valence-electron chi connectivity index (χ4n) is 1.68. The molecule has 19 heavy (non-hydrogen) atoms. The summed E-state index contributed by atoms with van der Waals surface area (Å²) in [5.74, 6) is 0.747. The first-order chi connectivity index (χ1) is 9.28. The topological polar surface area (TPSA) is 74.2 Å². The van der Waals surface area contributed by atoms with Gasteiger partial charge in [0.2, 0.25) is 0 Å². The Balaban J connectivity index is 2.07. The number of furan rings is 1. The summed E-state index contributed by atoms with van der Waals surface area (Å²) < 4.78 is 10.6. The van der Waals surface area contributed by atoms with Gasteiger partial charge >= 0.3 is 0 Å². The lowest BCUT2D eigenvalue weighted by molar-refractivity contribution is 0.182. The average molecular weight is 293 g/mol. The monoisotopic (exact) mass is 293 g/mol. The van der Waals surface area contributed by atoms with Gasteiger partial charge in [0, 0.05) is 12.5 Å². The molecule has 0 aliphatic carbocycles. The van der Waals surface area contributed by atoms with Gasteiger partial charge in [-0.25, -0.2) is 9.97 Å². The number of nitrogens with zero attached hydrogens (tertiary/aromatic N) is 2. The molecule has 0 radical (unpaired) electrons. The molecule has 0 spiro atoms. The molecule has 0 fully saturated rings. The molecular weight excluding hydrogens is 282 g/mol. The zero-order valence-corrected chi connectivity index (χ0v) is 11.8. The van der Waals surface area contributed by atoms with Crippen molar-refractivity contribution < 1.29 is 9.15 Å². The summed E-state index contributed by atoms with van der Waals surface area (Å²) >= 11 is 2.94. The van der Waals surface area contributed by atoms with Crippen LogP contribution in [0.1, 0.15) is 5.69 Å². The van der Waals surface area contributed by atoms with E-state index in [9.17, 15) is 0 Å². The Morgan fingerprint density at radius 3 is 2.95 bits per heavy atom. The van der Waals surface area contributed by atoms with E-state index in [1.165, 1.54) is 22.7 Å². The molecule has 3 rings (SSSR count). The molecule has 0 aromatic carbocycles. The largest absolute Gasteiger partial charge is 0.462 e. The lowest BCUT2D eigenvalue weighted by atomic mass is 10.3. The molecule has 0 bridgehead atoms. The van der Waals surface area contributed by atoms with Crippen LogP contribution in [0, 0.1) is 0 Å². The zero-order valence-electron chi connectivity index (χ0n) is 10.1. The number of nitrogen functional groups attached to an aromatic ring is 1. The minimum atomic E-state index is 0.434. The molecule has 7 heteroatoms. The van der Waals surface area contributed by atoms with Crippen LogP contribution in [0.4, 0.5) is 5.13 Å². The number of anilines is 1. The zero-order chi connectivity index (χ0) is 13.2. The van der Waals surface area contributed by atoms with Crippen molar-refractivity contribution >= 4 is 27.8 Å². The summed E-state index contributed by atoms with van der Waals surface area (Å²) in [6.07, 6.45) is 1.63. The van der Waals surface area contributed by atoms with Crippen LogP contribution >= 0.6 is 22.7 Å². The van der Waals surface area contributed by atoms with Gasteiger partial charge in [0.15, 0.2) is 15.9 Å². The number of hydrogen-bond acceptors (Lipinski definition) is 7. The fraction of sp³-hybridized carbons (Fsp3) is 0.167. The summed E-state index contributed by atoms with van der Waals surface area (Å²) in [7, 11) is 1.64. The van der Waals surface area contributed by atoms with Gasteiger partial charge in [0.05, 0.1) is 29.1 Å². The molecule has 0 saturated carbocycles. The smallest absolute Gasteiger partial charge is 0.180 e. The molecule has 5 nitrogen and oxygen atoms in total. The van der Waals surface area contributed by atoms with E-state index in [2.05, 4.69) is 9.97 Å². The summed E-state index contributed by atoms with van der Waals surface area (Å²) in [4.78, 5) is 9.82. The van der Waals surface area contributed by atoms with Crippen LogP contribution in [0.2, 0.25) is 0 Å². The van der Waals surface area contributed by atoms with Crippen LogP contribution in [0.25, 0.3) is 21.3 Å². The SMILES string of the molecule is COCc1nc(-c2ccco2)sc1-c1csc(N)n1. The van der Waals surface area contributed by atoms with Gasteiger partial charge < -0.3 is 14.9 Å². The highest BCUT2D eigenvalue weighted by molar-refractivity contribution is 7.19. The van der Waals surface area contributed by atoms with Crippen LogP contribution in [-0.2, 0) is 11.3 Å². The molecule has 0 amide bonds. The Morgan fingerprint density at radius 1 is 1.42 bits per heavy atom. The highest BCUT2D eigenvalue weighted by Gasteiger charge is 2.17. The van der Waals surface area contributed by atoms with E-state index in [4.69, 9.17) is 14.9 Å². The van der Waals surface area contributed by atoms with E-state index in [0.29, 0.717) is 11.7 Å². The minimum absolute atomic E-state index is 0.434. The van der Waals surface area contributed by atoms with Gasteiger partial charge in [-0.15, -0.1) is 22.7 Å². The van der Waals surface area contributed by atoms with Gasteiger partial charge in [0.1, 0.15) is 0 Å². The average Bonchev–Trinajstić information content (AvgIpc) is 3.08. The summed E-state index contributed by atoms with van der Waals surface area (Å²) in [5.41, 5.74) is 7.37. The highest BCUT2D eigenvalue weighted by Crippen LogP contribution is 2.36. The Bertz CT molecular complexity index is 673. The first kappa shape index (κ1) is 12.3. The number of thiazole rings is 2. The third-order valence-electron chi connectivity index (χ3n) is 2.46. The van der Waals surface area contributed by atoms with Gasteiger partial charge in [-0.2, -0.15) is 0 Å². The number of ether oxygens (including phenoxy) is 1. The van der Waals surface area contributed by atoms with Gasteiger partial charge in [-0.05, 0) is 12.1 Å².